The number of fused-ring (bicyclic) bond motifs is 1. The Kier molecular flexibility index (Phi) is 12.8. The summed E-state index contributed by atoms with van der Waals surface area (Å²) in [7, 11) is 0. The largest absolute Gasteiger partial charge is 0.480 e. The molecule has 1 heterocycles. The Labute approximate surface area is 195 Å². The van der Waals surface area contributed by atoms with Crippen LogP contribution >= 0.6 is 0 Å². The van der Waals surface area contributed by atoms with Crippen LogP contribution in [0.4, 0.5) is 0 Å². The SMILES string of the molecule is CCCCCCCC/C=C\CCCCCCCC(=O)N1Cc2ccccc2C[C@H]1C(=O)O. The molecule has 0 saturated heterocycles. The Bertz CT molecular complexity index is 712. The van der Waals surface area contributed by atoms with Crippen molar-refractivity contribution in [1.82, 2.24) is 4.90 Å². The Balaban J connectivity index is 1.53. The average Bonchev–Trinajstić information content (AvgIpc) is 2.80. The van der Waals surface area contributed by atoms with Crippen LogP contribution in [0.1, 0.15) is 108 Å². The summed E-state index contributed by atoms with van der Waals surface area (Å²) in [6, 6.07) is 7.11. The highest BCUT2D eigenvalue weighted by atomic mass is 16.4. The predicted octanol–water partition coefficient (Wildman–Crippen LogP) is 7.06. The second kappa shape index (κ2) is 15.7. The van der Waals surface area contributed by atoms with Gasteiger partial charge in [-0.15, -0.1) is 0 Å². The smallest absolute Gasteiger partial charge is 0.326 e. The molecule has 1 aliphatic heterocycles. The van der Waals surface area contributed by atoms with E-state index < -0.39 is 12.0 Å². The first-order chi connectivity index (χ1) is 15.6. The zero-order valence-corrected chi connectivity index (χ0v) is 20.1. The van der Waals surface area contributed by atoms with Crippen molar-refractivity contribution < 1.29 is 14.7 Å². The van der Waals surface area contributed by atoms with Crippen LogP contribution in [0.2, 0.25) is 0 Å². The lowest BCUT2D eigenvalue weighted by Crippen LogP contribution is -2.48. The summed E-state index contributed by atoms with van der Waals surface area (Å²) in [6.07, 6.45) is 21.5. The normalized spacial score (nSPS) is 15.8. The first-order valence-corrected chi connectivity index (χ1v) is 12.9. The summed E-state index contributed by atoms with van der Waals surface area (Å²) >= 11 is 0. The minimum absolute atomic E-state index is 0.0236. The Morgan fingerprint density at radius 3 is 2.06 bits per heavy atom. The second-order valence-corrected chi connectivity index (χ2v) is 9.18. The summed E-state index contributed by atoms with van der Waals surface area (Å²) in [5, 5.41) is 9.59. The molecule has 1 aromatic carbocycles. The Morgan fingerprint density at radius 2 is 1.44 bits per heavy atom. The van der Waals surface area contributed by atoms with E-state index in [2.05, 4.69) is 19.1 Å². The minimum atomic E-state index is -0.905. The van der Waals surface area contributed by atoms with Crippen LogP contribution in [-0.4, -0.2) is 27.9 Å². The molecular weight excluding hydrogens is 398 g/mol. The van der Waals surface area contributed by atoms with Gasteiger partial charge in [0.25, 0.3) is 0 Å². The van der Waals surface area contributed by atoms with E-state index in [-0.39, 0.29) is 5.91 Å². The molecule has 0 aromatic heterocycles. The molecule has 1 aliphatic rings. The Hall–Kier alpha value is -2.10. The van der Waals surface area contributed by atoms with Crippen molar-refractivity contribution in [2.75, 3.05) is 0 Å². The van der Waals surface area contributed by atoms with Crippen LogP contribution in [0.5, 0.6) is 0 Å². The molecule has 1 N–H and O–H groups in total. The van der Waals surface area contributed by atoms with Crippen molar-refractivity contribution >= 4 is 11.9 Å². The number of carboxylic acids is 1. The molecule has 1 aromatic rings. The summed E-state index contributed by atoms with van der Waals surface area (Å²) in [5.74, 6) is -0.929. The van der Waals surface area contributed by atoms with Gasteiger partial charge >= 0.3 is 5.97 Å². The number of unbranched alkanes of at least 4 members (excludes halogenated alkanes) is 11. The van der Waals surface area contributed by atoms with E-state index >= 15 is 0 Å². The molecule has 0 radical (unpaired) electrons. The van der Waals surface area contributed by atoms with Crippen molar-refractivity contribution in [3.05, 3.63) is 47.5 Å². The fraction of sp³-hybridized carbons (Fsp3) is 0.643. The maximum atomic E-state index is 12.7. The van der Waals surface area contributed by atoms with Gasteiger partial charge in [0.1, 0.15) is 6.04 Å². The molecule has 2 rings (SSSR count). The molecular formula is C28H43NO3. The zero-order chi connectivity index (χ0) is 23.0. The lowest BCUT2D eigenvalue weighted by molar-refractivity contribution is -0.151. The van der Waals surface area contributed by atoms with Crippen LogP contribution in [0.25, 0.3) is 0 Å². The number of carbonyl (C=O) groups excluding carboxylic acids is 1. The van der Waals surface area contributed by atoms with Gasteiger partial charge in [-0.2, -0.15) is 0 Å². The van der Waals surface area contributed by atoms with Crippen LogP contribution in [0.15, 0.2) is 36.4 Å². The van der Waals surface area contributed by atoms with E-state index in [0.717, 1.165) is 36.8 Å². The van der Waals surface area contributed by atoms with Crippen molar-refractivity contribution in [2.45, 2.75) is 116 Å². The standard InChI is InChI=1S/C28H43NO3/c1-2-3-4-5-6-7-8-9-10-11-12-13-14-15-16-21-27(30)29-23-25-20-18-17-19-24(25)22-26(29)28(31)32/h9-10,17-20,26H,2-8,11-16,21-23H2,1H3,(H,31,32)/b10-9-/t26-/m0/s1. The summed E-state index contributed by atoms with van der Waals surface area (Å²) in [6.45, 7) is 2.67. The number of carboxylic acid groups (broad SMARTS) is 1. The highest BCUT2D eigenvalue weighted by molar-refractivity contribution is 5.84. The van der Waals surface area contributed by atoms with E-state index in [9.17, 15) is 14.7 Å². The Morgan fingerprint density at radius 1 is 0.875 bits per heavy atom. The third-order valence-electron chi connectivity index (χ3n) is 6.51. The fourth-order valence-electron chi connectivity index (χ4n) is 4.50. The monoisotopic (exact) mass is 441 g/mol. The number of benzene rings is 1. The van der Waals surface area contributed by atoms with Gasteiger partial charge < -0.3 is 10.0 Å². The van der Waals surface area contributed by atoms with Gasteiger partial charge in [-0.25, -0.2) is 4.79 Å². The highest BCUT2D eigenvalue weighted by Gasteiger charge is 2.33. The summed E-state index contributed by atoms with van der Waals surface area (Å²) in [4.78, 5) is 26.0. The van der Waals surface area contributed by atoms with Crippen LogP contribution < -0.4 is 0 Å². The van der Waals surface area contributed by atoms with Crippen molar-refractivity contribution in [3.63, 3.8) is 0 Å². The quantitative estimate of drug-likeness (QED) is 0.221. The molecule has 4 heteroatoms. The number of carbonyl (C=O) groups is 2. The number of amides is 1. The van der Waals surface area contributed by atoms with Gasteiger partial charge in [0.05, 0.1) is 0 Å². The van der Waals surface area contributed by atoms with Crippen LogP contribution in [0, 0.1) is 0 Å². The molecule has 0 bridgehead atoms. The van der Waals surface area contributed by atoms with E-state index in [1.165, 1.54) is 57.8 Å². The number of hydrogen-bond acceptors (Lipinski definition) is 2. The van der Waals surface area contributed by atoms with Crippen LogP contribution in [-0.2, 0) is 22.6 Å². The van der Waals surface area contributed by atoms with E-state index in [1.54, 1.807) is 4.90 Å². The predicted molar refractivity (Wildman–Crippen MR) is 132 cm³/mol. The molecule has 1 atom stereocenters. The summed E-state index contributed by atoms with van der Waals surface area (Å²) < 4.78 is 0. The third-order valence-corrected chi connectivity index (χ3v) is 6.51. The maximum absolute atomic E-state index is 12.7. The molecule has 1 amide bonds. The first kappa shape index (κ1) is 26.2. The molecule has 0 unspecified atom stereocenters. The molecule has 32 heavy (non-hydrogen) atoms. The third kappa shape index (κ3) is 9.58. The van der Waals surface area contributed by atoms with E-state index in [0.29, 0.717) is 19.4 Å². The fourth-order valence-corrected chi connectivity index (χ4v) is 4.50. The van der Waals surface area contributed by atoms with Gasteiger partial charge in [-0.3, -0.25) is 4.79 Å². The van der Waals surface area contributed by atoms with Crippen molar-refractivity contribution in [2.24, 2.45) is 0 Å². The lowest BCUT2D eigenvalue weighted by atomic mass is 9.93. The van der Waals surface area contributed by atoms with Gasteiger partial charge in [0.2, 0.25) is 5.91 Å². The molecule has 0 saturated carbocycles. The highest BCUT2D eigenvalue weighted by Crippen LogP contribution is 2.24. The maximum Gasteiger partial charge on any atom is 0.326 e. The number of allylic oxidation sites excluding steroid dienone is 2. The van der Waals surface area contributed by atoms with E-state index in [1.807, 2.05) is 24.3 Å². The molecule has 4 nitrogen and oxygen atoms in total. The number of hydrogen-bond donors (Lipinski definition) is 1. The average molecular weight is 442 g/mol. The van der Waals surface area contributed by atoms with Gasteiger partial charge in [-0.05, 0) is 43.2 Å². The van der Waals surface area contributed by atoms with Crippen molar-refractivity contribution in [1.29, 1.82) is 0 Å². The molecule has 0 spiro atoms. The topological polar surface area (TPSA) is 57.6 Å². The van der Waals surface area contributed by atoms with Crippen molar-refractivity contribution in [3.8, 4) is 0 Å². The molecule has 0 aliphatic carbocycles. The number of aliphatic carboxylic acids is 1. The van der Waals surface area contributed by atoms with E-state index in [4.69, 9.17) is 0 Å². The zero-order valence-electron chi connectivity index (χ0n) is 20.1. The second-order valence-electron chi connectivity index (χ2n) is 9.18. The van der Waals surface area contributed by atoms with Gasteiger partial charge in [0.15, 0.2) is 0 Å². The number of rotatable bonds is 16. The minimum Gasteiger partial charge on any atom is -0.480 e. The van der Waals surface area contributed by atoms with Crippen LogP contribution in [0.3, 0.4) is 0 Å². The van der Waals surface area contributed by atoms with Gasteiger partial charge in [-0.1, -0.05) is 94.7 Å². The number of nitrogens with zero attached hydrogens (tertiary/aromatic N) is 1. The summed E-state index contributed by atoms with van der Waals surface area (Å²) in [5.41, 5.74) is 2.12. The molecule has 178 valence electrons. The first-order valence-electron chi connectivity index (χ1n) is 12.9. The van der Waals surface area contributed by atoms with Gasteiger partial charge in [0, 0.05) is 19.4 Å². The molecule has 0 fully saturated rings. The lowest BCUT2D eigenvalue weighted by Gasteiger charge is -2.34.